The maximum absolute atomic E-state index is 5.59. The second-order valence-electron chi connectivity index (χ2n) is 7.38. The van der Waals surface area contributed by atoms with E-state index in [4.69, 9.17) is 9.72 Å². The number of pyridine rings is 1. The second kappa shape index (κ2) is 7.71. The first-order valence-electron chi connectivity index (χ1n) is 9.86. The van der Waals surface area contributed by atoms with E-state index in [0.717, 1.165) is 47.4 Å². The molecule has 3 aromatic heterocycles. The number of imidazole rings is 1. The van der Waals surface area contributed by atoms with Gasteiger partial charge in [0.25, 0.3) is 0 Å². The molecule has 148 valence electrons. The van der Waals surface area contributed by atoms with Crippen LogP contribution >= 0.6 is 0 Å². The number of nitrogens with zero attached hydrogens (tertiary/aromatic N) is 6. The Bertz CT molecular complexity index is 968. The topological polar surface area (TPSA) is 81.0 Å². The quantitative estimate of drug-likeness (QED) is 0.725. The first-order chi connectivity index (χ1) is 13.6. The third kappa shape index (κ3) is 3.52. The Hall–Kier alpha value is -2.74. The Morgan fingerprint density at radius 1 is 1.25 bits per heavy atom. The fourth-order valence-electron chi connectivity index (χ4n) is 3.78. The Kier molecular flexibility index (Phi) is 5.13. The lowest BCUT2D eigenvalue weighted by Gasteiger charge is -2.35. The van der Waals surface area contributed by atoms with E-state index in [-0.39, 0.29) is 0 Å². The molecule has 1 saturated heterocycles. The van der Waals surface area contributed by atoms with Crippen LogP contribution in [0.1, 0.15) is 39.1 Å². The van der Waals surface area contributed by atoms with Gasteiger partial charge in [0, 0.05) is 24.8 Å². The first kappa shape index (κ1) is 18.6. The number of aryl methyl sites for hydroxylation is 1. The summed E-state index contributed by atoms with van der Waals surface area (Å²) in [6, 6.07) is 4.53. The standard InChI is InChI=1S/C20H27N7O/c1-5-15-12-28-9-8-26(15)20-21-7-6-18(25-20)24-19-10-17-16(11-22-19)23-14(4)27(17)13(2)3/h6-7,10-11,13,15H,5,8-9,12H2,1-4H3,(H,21,22,24,25). The molecule has 1 atom stereocenters. The molecular formula is C20H27N7O. The summed E-state index contributed by atoms with van der Waals surface area (Å²) < 4.78 is 7.81. The fraction of sp³-hybridized carbons (Fsp3) is 0.500. The van der Waals surface area contributed by atoms with Gasteiger partial charge in [0.15, 0.2) is 0 Å². The molecule has 0 aliphatic carbocycles. The Morgan fingerprint density at radius 3 is 2.89 bits per heavy atom. The van der Waals surface area contributed by atoms with Gasteiger partial charge in [-0.15, -0.1) is 0 Å². The fourth-order valence-corrected chi connectivity index (χ4v) is 3.78. The molecule has 8 nitrogen and oxygen atoms in total. The van der Waals surface area contributed by atoms with Crippen LogP contribution in [0.25, 0.3) is 11.0 Å². The molecule has 4 rings (SSSR count). The highest BCUT2D eigenvalue weighted by Crippen LogP contribution is 2.24. The van der Waals surface area contributed by atoms with Crippen LogP contribution in [-0.4, -0.2) is 50.3 Å². The average molecular weight is 381 g/mol. The number of ether oxygens (including phenoxy) is 1. The molecule has 4 heterocycles. The van der Waals surface area contributed by atoms with Crippen molar-refractivity contribution in [2.45, 2.75) is 46.2 Å². The molecule has 1 N–H and O–H groups in total. The largest absolute Gasteiger partial charge is 0.377 e. The van der Waals surface area contributed by atoms with E-state index in [2.05, 4.69) is 50.5 Å². The van der Waals surface area contributed by atoms with E-state index >= 15 is 0 Å². The molecule has 0 amide bonds. The summed E-state index contributed by atoms with van der Waals surface area (Å²) in [5.74, 6) is 3.19. The highest BCUT2D eigenvalue weighted by Gasteiger charge is 2.23. The molecule has 28 heavy (non-hydrogen) atoms. The molecule has 1 aliphatic rings. The van der Waals surface area contributed by atoms with Crippen LogP contribution in [0.15, 0.2) is 24.5 Å². The highest BCUT2D eigenvalue weighted by atomic mass is 16.5. The lowest BCUT2D eigenvalue weighted by atomic mass is 10.2. The third-order valence-electron chi connectivity index (χ3n) is 5.12. The van der Waals surface area contributed by atoms with Gasteiger partial charge < -0.3 is 19.5 Å². The number of morpholine rings is 1. The zero-order chi connectivity index (χ0) is 19.7. The number of hydrogen-bond acceptors (Lipinski definition) is 7. The zero-order valence-corrected chi connectivity index (χ0v) is 16.9. The molecule has 1 unspecified atom stereocenters. The SMILES string of the molecule is CCC1COCCN1c1nccc(Nc2cc3c(cn2)nc(C)n3C(C)C)n1. The van der Waals surface area contributed by atoms with Gasteiger partial charge in [0.1, 0.15) is 23.0 Å². The van der Waals surface area contributed by atoms with Crippen molar-refractivity contribution < 1.29 is 4.74 Å². The van der Waals surface area contributed by atoms with Crippen molar-refractivity contribution in [1.29, 1.82) is 0 Å². The van der Waals surface area contributed by atoms with Crippen molar-refractivity contribution in [2.75, 3.05) is 30.0 Å². The van der Waals surface area contributed by atoms with Crippen LogP contribution in [0.5, 0.6) is 0 Å². The van der Waals surface area contributed by atoms with Crippen molar-refractivity contribution in [3.05, 3.63) is 30.4 Å². The number of hydrogen-bond donors (Lipinski definition) is 1. The molecule has 0 radical (unpaired) electrons. The van der Waals surface area contributed by atoms with Gasteiger partial charge in [-0.05, 0) is 33.3 Å². The minimum absolute atomic E-state index is 0.307. The predicted molar refractivity (Wildman–Crippen MR) is 110 cm³/mol. The monoisotopic (exact) mass is 381 g/mol. The van der Waals surface area contributed by atoms with E-state index in [1.807, 2.05) is 19.1 Å². The van der Waals surface area contributed by atoms with Crippen LogP contribution in [0.3, 0.4) is 0 Å². The molecule has 1 fully saturated rings. The summed E-state index contributed by atoms with van der Waals surface area (Å²) in [6.45, 7) is 10.7. The van der Waals surface area contributed by atoms with E-state index in [1.165, 1.54) is 0 Å². The lowest BCUT2D eigenvalue weighted by molar-refractivity contribution is 0.0921. The summed E-state index contributed by atoms with van der Waals surface area (Å²) in [4.78, 5) is 20.5. The van der Waals surface area contributed by atoms with Crippen LogP contribution < -0.4 is 10.2 Å². The van der Waals surface area contributed by atoms with Gasteiger partial charge in [-0.2, -0.15) is 4.98 Å². The molecule has 0 aromatic carbocycles. The summed E-state index contributed by atoms with van der Waals surface area (Å²) in [5, 5.41) is 3.32. The normalized spacial score (nSPS) is 17.5. The van der Waals surface area contributed by atoms with E-state index in [0.29, 0.717) is 25.3 Å². The first-order valence-corrected chi connectivity index (χ1v) is 9.86. The van der Waals surface area contributed by atoms with Gasteiger partial charge in [-0.3, -0.25) is 0 Å². The Labute approximate surface area is 165 Å². The van der Waals surface area contributed by atoms with Gasteiger partial charge >= 0.3 is 0 Å². The number of aromatic nitrogens is 5. The summed E-state index contributed by atoms with van der Waals surface area (Å²) in [5.41, 5.74) is 1.97. The minimum Gasteiger partial charge on any atom is -0.377 e. The van der Waals surface area contributed by atoms with Gasteiger partial charge in [0.05, 0.1) is 31.0 Å². The van der Waals surface area contributed by atoms with Crippen LogP contribution in [0.2, 0.25) is 0 Å². The zero-order valence-electron chi connectivity index (χ0n) is 16.9. The van der Waals surface area contributed by atoms with E-state index < -0.39 is 0 Å². The smallest absolute Gasteiger partial charge is 0.227 e. The molecule has 0 spiro atoms. The number of anilines is 3. The third-order valence-corrected chi connectivity index (χ3v) is 5.12. The lowest BCUT2D eigenvalue weighted by Crippen LogP contribution is -2.46. The van der Waals surface area contributed by atoms with E-state index in [1.54, 1.807) is 12.4 Å². The van der Waals surface area contributed by atoms with Gasteiger partial charge in [-0.25, -0.2) is 15.0 Å². The molecular weight excluding hydrogens is 354 g/mol. The molecule has 3 aromatic rings. The summed E-state index contributed by atoms with van der Waals surface area (Å²) >= 11 is 0. The maximum Gasteiger partial charge on any atom is 0.227 e. The predicted octanol–water partition coefficient (Wildman–Crippen LogP) is 3.47. The molecule has 8 heteroatoms. The van der Waals surface area contributed by atoms with Crippen LogP contribution in [0, 0.1) is 6.92 Å². The van der Waals surface area contributed by atoms with Crippen LogP contribution in [0.4, 0.5) is 17.6 Å². The number of fused-ring (bicyclic) bond motifs is 1. The maximum atomic E-state index is 5.59. The Morgan fingerprint density at radius 2 is 2.11 bits per heavy atom. The molecule has 0 bridgehead atoms. The van der Waals surface area contributed by atoms with E-state index in [9.17, 15) is 0 Å². The number of nitrogens with one attached hydrogen (secondary N) is 1. The van der Waals surface area contributed by atoms with Crippen molar-refractivity contribution in [3.8, 4) is 0 Å². The highest BCUT2D eigenvalue weighted by molar-refractivity contribution is 5.79. The van der Waals surface area contributed by atoms with Crippen molar-refractivity contribution in [2.24, 2.45) is 0 Å². The van der Waals surface area contributed by atoms with Crippen molar-refractivity contribution in [3.63, 3.8) is 0 Å². The summed E-state index contributed by atoms with van der Waals surface area (Å²) in [6.07, 6.45) is 4.59. The van der Waals surface area contributed by atoms with Crippen molar-refractivity contribution in [1.82, 2.24) is 24.5 Å². The molecule has 1 aliphatic heterocycles. The second-order valence-corrected chi connectivity index (χ2v) is 7.38. The number of rotatable bonds is 5. The average Bonchev–Trinajstić information content (AvgIpc) is 3.03. The molecule has 0 saturated carbocycles. The summed E-state index contributed by atoms with van der Waals surface area (Å²) in [7, 11) is 0. The van der Waals surface area contributed by atoms with Gasteiger partial charge in [0.2, 0.25) is 5.95 Å². The van der Waals surface area contributed by atoms with Crippen molar-refractivity contribution >= 4 is 28.6 Å². The van der Waals surface area contributed by atoms with Crippen LogP contribution in [-0.2, 0) is 4.74 Å². The Balaban J connectivity index is 1.62. The minimum atomic E-state index is 0.307. The van der Waals surface area contributed by atoms with Gasteiger partial charge in [-0.1, -0.05) is 6.92 Å².